The molecule has 0 spiro atoms. The first-order valence-corrected chi connectivity index (χ1v) is 10.2. The van der Waals surface area contributed by atoms with Crippen LogP contribution in [0.5, 0.6) is 0 Å². The van der Waals surface area contributed by atoms with E-state index in [1.807, 2.05) is 0 Å². The van der Waals surface area contributed by atoms with Gasteiger partial charge in [0.05, 0.1) is 31.0 Å². The second-order valence-electron chi connectivity index (χ2n) is 7.57. The SMILES string of the molecule is O=C(NCc1ccc(N2CCOCC2)cc1)[C@H]1CCCN(c2cn[nH]c(=O)c2)C1. The molecule has 29 heavy (non-hydrogen) atoms. The number of carbonyl (C=O) groups is 1. The number of nitrogens with one attached hydrogen (secondary N) is 2. The van der Waals surface area contributed by atoms with Gasteiger partial charge < -0.3 is 19.9 Å². The summed E-state index contributed by atoms with van der Waals surface area (Å²) >= 11 is 0. The number of amides is 1. The van der Waals surface area contributed by atoms with Crippen LogP contribution in [-0.2, 0) is 16.1 Å². The van der Waals surface area contributed by atoms with Crippen LogP contribution in [0.1, 0.15) is 18.4 Å². The minimum atomic E-state index is -0.227. The molecule has 1 aromatic heterocycles. The maximum atomic E-state index is 12.7. The third kappa shape index (κ3) is 4.95. The first-order valence-electron chi connectivity index (χ1n) is 10.2. The topological polar surface area (TPSA) is 90.6 Å². The summed E-state index contributed by atoms with van der Waals surface area (Å²) in [6.45, 7) is 5.32. The number of hydrogen-bond acceptors (Lipinski definition) is 6. The lowest BCUT2D eigenvalue weighted by Crippen LogP contribution is -2.43. The van der Waals surface area contributed by atoms with Gasteiger partial charge in [0, 0.05) is 44.5 Å². The van der Waals surface area contributed by atoms with Gasteiger partial charge in [-0.2, -0.15) is 5.10 Å². The summed E-state index contributed by atoms with van der Waals surface area (Å²) in [5, 5.41) is 9.31. The molecule has 0 bridgehead atoms. The van der Waals surface area contributed by atoms with Crippen molar-refractivity contribution in [3.8, 4) is 0 Å². The maximum absolute atomic E-state index is 12.7. The second kappa shape index (κ2) is 9.09. The van der Waals surface area contributed by atoms with E-state index in [9.17, 15) is 9.59 Å². The lowest BCUT2D eigenvalue weighted by Gasteiger charge is -2.33. The second-order valence-corrected chi connectivity index (χ2v) is 7.57. The lowest BCUT2D eigenvalue weighted by atomic mass is 9.96. The Morgan fingerprint density at radius 2 is 1.93 bits per heavy atom. The minimum Gasteiger partial charge on any atom is -0.378 e. The highest BCUT2D eigenvalue weighted by Gasteiger charge is 2.26. The van der Waals surface area contributed by atoms with Crippen molar-refractivity contribution in [2.45, 2.75) is 19.4 Å². The molecule has 0 aliphatic carbocycles. The molecule has 3 heterocycles. The standard InChI is InChI=1S/C21H27N5O3/c27-20-12-19(14-23-24-20)26-7-1-2-17(15-26)21(28)22-13-16-3-5-18(6-4-16)25-8-10-29-11-9-25/h3-6,12,14,17H,1-2,7-11,13,15H2,(H,22,28)(H,24,27)/t17-/m0/s1. The van der Waals surface area contributed by atoms with Gasteiger partial charge in [-0.3, -0.25) is 9.59 Å². The molecule has 0 radical (unpaired) electrons. The highest BCUT2D eigenvalue weighted by atomic mass is 16.5. The van der Waals surface area contributed by atoms with Crippen molar-refractivity contribution in [1.29, 1.82) is 0 Å². The number of benzene rings is 1. The van der Waals surface area contributed by atoms with Crippen LogP contribution in [0.25, 0.3) is 0 Å². The number of rotatable bonds is 5. The Bertz CT molecular complexity index is 876. The van der Waals surface area contributed by atoms with Crippen molar-refractivity contribution < 1.29 is 9.53 Å². The molecule has 1 atom stereocenters. The molecule has 2 aliphatic heterocycles. The molecule has 4 rings (SSSR count). The van der Waals surface area contributed by atoms with E-state index in [4.69, 9.17) is 4.74 Å². The predicted molar refractivity (Wildman–Crippen MR) is 111 cm³/mol. The van der Waals surface area contributed by atoms with Crippen LogP contribution in [-0.4, -0.2) is 55.5 Å². The summed E-state index contributed by atoms with van der Waals surface area (Å²) in [5.74, 6) is -0.0274. The molecular weight excluding hydrogens is 370 g/mol. The zero-order chi connectivity index (χ0) is 20.1. The van der Waals surface area contributed by atoms with Gasteiger partial charge in [-0.15, -0.1) is 0 Å². The summed E-state index contributed by atoms with van der Waals surface area (Å²) in [6, 6.07) is 9.88. The van der Waals surface area contributed by atoms with Gasteiger partial charge >= 0.3 is 0 Å². The van der Waals surface area contributed by atoms with Gasteiger partial charge in [0.2, 0.25) is 5.91 Å². The van der Waals surface area contributed by atoms with Gasteiger partial charge in [0.25, 0.3) is 5.56 Å². The first kappa shape index (κ1) is 19.4. The normalized spacial score (nSPS) is 19.8. The molecule has 2 aliphatic rings. The van der Waals surface area contributed by atoms with Gasteiger partial charge in [-0.05, 0) is 30.5 Å². The average Bonchev–Trinajstić information content (AvgIpc) is 2.78. The Morgan fingerprint density at radius 1 is 1.14 bits per heavy atom. The smallest absolute Gasteiger partial charge is 0.266 e. The van der Waals surface area contributed by atoms with Crippen molar-refractivity contribution in [1.82, 2.24) is 15.5 Å². The van der Waals surface area contributed by atoms with Crippen LogP contribution < -0.4 is 20.7 Å². The first-order chi connectivity index (χ1) is 14.2. The summed E-state index contributed by atoms with van der Waals surface area (Å²) in [4.78, 5) is 28.6. The van der Waals surface area contributed by atoms with E-state index in [0.29, 0.717) is 13.1 Å². The fourth-order valence-corrected chi connectivity index (χ4v) is 3.94. The number of morpholine rings is 1. The van der Waals surface area contributed by atoms with Gasteiger partial charge in [-0.1, -0.05) is 12.1 Å². The highest BCUT2D eigenvalue weighted by molar-refractivity contribution is 5.79. The average molecular weight is 397 g/mol. The van der Waals surface area contributed by atoms with Crippen LogP contribution in [0, 0.1) is 5.92 Å². The van der Waals surface area contributed by atoms with E-state index >= 15 is 0 Å². The highest BCUT2D eigenvalue weighted by Crippen LogP contribution is 2.22. The minimum absolute atomic E-state index is 0.0600. The third-order valence-electron chi connectivity index (χ3n) is 5.59. The monoisotopic (exact) mass is 397 g/mol. The van der Waals surface area contributed by atoms with Crippen molar-refractivity contribution >= 4 is 17.3 Å². The summed E-state index contributed by atoms with van der Waals surface area (Å²) < 4.78 is 5.40. The van der Waals surface area contributed by atoms with E-state index in [0.717, 1.165) is 56.9 Å². The Hall–Kier alpha value is -2.87. The molecule has 0 unspecified atom stereocenters. The van der Waals surface area contributed by atoms with Crippen molar-refractivity contribution in [2.75, 3.05) is 49.2 Å². The number of aromatic nitrogens is 2. The molecule has 8 nitrogen and oxygen atoms in total. The fourth-order valence-electron chi connectivity index (χ4n) is 3.94. The van der Waals surface area contributed by atoms with Gasteiger partial charge in [0.15, 0.2) is 0 Å². The number of piperidine rings is 1. The molecule has 2 aromatic rings. The quantitative estimate of drug-likeness (QED) is 0.786. The van der Waals surface area contributed by atoms with E-state index in [-0.39, 0.29) is 17.4 Å². The molecule has 2 fully saturated rings. The van der Waals surface area contributed by atoms with Crippen molar-refractivity contribution in [3.63, 3.8) is 0 Å². The number of H-pyrrole nitrogens is 1. The summed E-state index contributed by atoms with van der Waals surface area (Å²) in [6.07, 6.45) is 3.41. The molecule has 8 heteroatoms. The molecule has 154 valence electrons. The Balaban J connectivity index is 1.30. The Labute approximate surface area is 169 Å². The van der Waals surface area contributed by atoms with E-state index < -0.39 is 0 Å². The van der Waals surface area contributed by atoms with Crippen LogP contribution in [0.2, 0.25) is 0 Å². The van der Waals surface area contributed by atoms with Gasteiger partial charge in [0.1, 0.15) is 0 Å². The predicted octanol–water partition coefficient (Wildman–Crippen LogP) is 1.14. The molecule has 2 saturated heterocycles. The Morgan fingerprint density at radius 3 is 2.69 bits per heavy atom. The third-order valence-corrected chi connectivity index (χ3v) is 5.59. The Kier molecular flexibility index (Phi) is 6.09. The molecular formula is C21H27N5O3. The molecule has 1 aromatic carbocycles. The number of anilines is 2. The number of carbonyl (C=O) groups excluding carboxylic acids is 1. The lowest BCUT2D eigenvalue weighted by molar-refractivity contribution is -0.125. The number of nitrogens with zero attached hydrogens (tertiary/aromatic N) is 3. The maximum Gasteiger partial charge on any atom is 0.266 e. The molecule has 2 N–H and O–H groups in total. The van der Waals surface area contributed by atoms with E-state index in [1.54, 1.807) is 6.20 Å². The van der Waals surface area contributed by atoms with Crippen LogP contribution in [0.4, 0.5) is 11.4 Å². The largest absolute Gasteiger partial charge is 0.378 e. The van der Waals surface area contributed by atoms with Crippen LogP contribution >= 0.6 is 0 Å². The number of hydrogen-bond donors (Lipinski definition) is 2. The zero-order valence-electron chi connectivity index (χ0n) is 16.5. The summed E-state index contributed by atoms with van der Waals surface area (Å²) in [5.41, 5.74) is 2.82. The number of aromatic amines is 1. The number of ether oxygens (including phenoxy) is 1. The fraction of sp³-hybridized carbons (Fsp3) is 0.476. The van der Waals surface area contributed by atoms with Crippen LogP contribution in [0.3, 0.4) is 0 Å². The van der Waals surface area contributed by atoms with Crippen molar-refractivity contribution in [2.24, 2.45) is 5.92 Å². The van der Waals surface area contributed by atoms with Crippen LogP contribution in [0.15, 0.2) is 41.3 Å². The van der Waals surface area contributed by atoms with Crippen molar-refractivity contribution in [3.05, 3.63) is 52.4 Å². The van der Waals surface area contributed by atoms with E-state index in [1.165, 1.54) is 11.8 Å². The molecule has 0 saturated carbocycles. The zero-order valence-corrected chi connectivity index (χ0v) is 16.5. The summed E-state index contributed by atoms with van der Waals surface area (Å²) in [7, 11) is 0. The van der Waals surface area contributed by atoms with Gasteiger partial charge in [-0.25, -0.2) is 5.10 Å². The molecule has 1 amide bonds. The van der Waals surface area contributed by atoms with E-state index in [2.05, 4.69) is 49.6 Å².